The molecule has 0 bridgehead atoms. The van der Waals surface area contributed by atoms with E-state index in [1.807, 2.05) is 40.6 Å². The number of ether oxygens (including phenoxy) is 1. The summed E-state index contributed by atoms with van der Waals surface area (Å²) in [5.74, 6) is 0.800. The molecule has 0 aliphatic carbocycles. The van der Waals surface area contributed by atoms with Crippen LogP contribution in [0.1, 0.15) is 40.3 Å². The molecule has 128 valence electrons. The predicted molar refractivity (Wildman–Crippen MR) is 98.1 cm³/mol. The summed E-state index contributed by atoms with van der Waals surface area (Å²) in [5.41, 5.74) is 3.34. The van der Waals surface area contributed by atoms with Crippen molar-refractivity contribution >= 4 is 17.2 Å². The number of nitrogens with one attached hydrogen (secondary N) is 1. The normalized spacial score (nSPS) is 16.3. The first-order chi connectivity index (χ1) is 12.2. The second-order valence-electron chi connectivity index (χ2n) is 6.01. The lowest BCUT2D eigenvalue weighted by Crippen LogP contribution is -2.29. The number of hydrogen-bond acceptors (Lipinski definition) is 4. The molecule has 0 fully saturated rings. The average Bonchev–Trinajstić information content (AvgIpc) is 3.35. The van der Waals surface area contributed by atoms with Crippen LogP contribution in [0.15, 0.2) is 41.8 Å². The molecule has 25 heavy (non-hydrogen) atoms. The highest BCUT2D eigenvalue weighted by molar-refractivity contribution is 7.10. The lowest BCUT2D eigenvalue weighted by atomic mass is 10.0. The van der Waals surface area contributed by atoms with Crippen molar-refractivity contribution in [3.05, 3.63) is 57.9 Å². The summed E-state index contributed by atoms with van der Waals surface area (Å²) in [5, 5.41) is 9.49. The summed E-state index contributed by atoms with van der Waals surface area (Å²) in [7, 11) is 1.65. The molecule has 3 aromatic rings. The number of H-pyrrole nitrogens is 1. The third kappa shape index (κ3) is 2.53. The molecule has 0 radical (unpaired) electrons. The number of aromatic nitrogens is 2. The zero-order valence-electron chi connectivity index (χ0n) is 14.2. The SMILES string of the molecule is CCCN1C(=O)c2[nH]nc(-c3cccc(OC)c3)c2[C@@H]1c1cccs1. The van der Waals surface area contributed by atoms with Gasteiger partial charge in [0.2, 0.25) is 0 Å². The second kappa shape index (κ2) is 6.37. The van der Waals surface area contributed by atoms with E-state index in [0.717, 1.165) is 40.4 Å². The number of aromatic amines is 1. The van der Waals surface area contributed by atoms with Gasteiger partial charge >= 0.3 is 0 Å². The second-order valence-corrected chi connectivity index (χ2v) is 6.99. The smallest absolute Gasteiger partial charge is 0.273 e. The maximum Gasteiger partial charge on any atom is 0.273 e. The molecule has 1 aliphatic rings. The van der Waals surface area contributed by atoms with Gasteiger partial charge in [0.1, 0.15) is 11.4 Å². The Labute approximate surface area is 150 Å². The fourth-order valence-corrected chi connectivity index (χ4v) is 4.25. The molecule has 0 unspecified atom stereocenters. The molecular weight excluding hydrogens is 334 g/mol. The molecule has 3 heterocycles. The average molecular weight is 353 g/mol. The van der Waals surface area contributed by atoms with E-state index in [9.17, 15) is 4.79 Å². The molecule has 1 N–H and O–H groups in total. The summed E-state index contributed by atoms with van der Waals surface area (Å²) in [6.45, 7) is 2.81. The monoisotopic (exact) mass is 353 g/mol. The lowest BCUT2D eigenvalue weighted by molar-refractivity contribution is 0.0746. The fourth-order valence-electron chi connectivity index (χ4n) is 3.40. The van der Waals surface area contributed by atoms with Gasteiger partial charge in [-0.2, -0.15) is 5.10 Å². The third-order valence-electron chi connectivity index (χ3n) is 4.48. The van der Waals surface area contributed by atoms with Crippen LogP contribution in [0.4, 0.5) is 0 Å². The van der Waals surface area contributed by atoms with E-state index in [-0.39, 0.29) is 11.9 Å². The van der Waals surface area contributed by atoms with Crippen LogP contribution in [0.5, 0.6) is 5.75 Å². The van der Waals surface area contributed by atoms with Crippen LogP contribution in [0.3, 0.4) is 0 Å². The van der Waals surface area contributed by atoms with E-state index in [2.05, 4.69) is 23.2 Å². The minimum atomic E-state index is -0.0811. The number of carbonyl (C=O) groups is 1. The molecule has 0 saturated carbocycles. The Bertz CT molecular complexity index is 901. The van der Waals surface area contributed by atoms with Gasteiger partial charge in [-0.3, -0.25) is 9.89 Å². The van der Waals surface area contributed by atoms with Gasteiger partial charge < -0.3 is 9.64 Å². The van der Waals surface area contributed by atoms with E-state index in [1.165, 1.54) is 0 Å². The van der Waals surface area contributed by atoms with Crippen molar-refractivity contribution < 1.29 is 9.53 Å². The van der Waals surface area contributed by atoms with Crippen molar-refractivity contribution in [3.8, 4) is 17.0 Å². The molecule has 2 aromatic heterocycles. The Hall–Kier alpha value is -2.60. The Kier molecular flexibility index (Phi) is 4.05. The Morgan fingerprint density at radius 1 is 1.32 bits per heavy atom. The first kappa shape index (κ1) is 15.9. The topological polar surface area (TPSA) is 58.2 Å². The molecule has 0 saturated heterocycles. The zero-order valence-corrected chi connectivity index (χ0v) is 15.0. The maximum atomic E-state index is 12.9. The van der Waals surface area contributed by atoms with Gasteiger partial charge in [0.25, 0.3) is 5.91 Å². The molecule has 0 spiro atoms. The van der Waals surface area contributed by atoms with E-state index in [1.54, 1.807) is 18.4 Å². The highest BCUT2D eigenvalue weighted by Crippen LogP contribution is 2.44. The molecule has 5 nitrogen and oxygen atoms in total. The number of nitrogens with zero attached hydrogens (tertiary/aromatic N) is 2. The summed E-state index contributed by atoms with van der Waals surface area (Å²) in [6, 6.07) is 11.8. The minimum absolute atomic E-state index is 0.0249. The largest absolute Gasteiger partial charge is 0.497 e. The van der Waals surface area contributed by atoms with E-state index < -0.39 is 0 Å². The number of fused-ring (bicyclic) bond motifs is 1. The Balaban J connectivity index is 1.87. The minimum Gasteiger partial charge on any atom is -0.497 e. The quantitative estimate of drug-likeness (QED) is 0.751. The van der Waals surface area contributed by atoms with Crippen molar-refractivity contribution in [2.75, 3.05) is 13.7 Å². The van der Waals surface area contributed by atoms with Crippen molar-refractivity contribution in [2.45, 2.75) is 19.4 Å². The standard InChI is InChI=1S/C19H19N3O2S/c1-3-9-22-18(14-8-5-10-25-14)15-16(20-21-17(15)19(22)23)12-6-4-7-13(11-12)24-2/h4-8,10-11,18H,3,9H2,1-2H3,(H,20,21)/t18-/m0/s1. The molecule has 4 rings (SSSR count). The van der Waals surface area contributed by atoms with E-state index in [0.29, 0.717) is 5.69 Å². The van der Waals surface area contributed by atoms with Crippen molar-refractivity contribution in [3.63, 3.8) is 0 Å². The van der Waals surface area contributed by atoms with Gasteiger partial charge in [0.05, 0.1) is 18.8 Å². The summed E-state index contributed by atoms with van der Waals surface area (Å²) in [4.78, 5) is 16.0. The number of thiophene rings is 1. The van der Waals surface area contributed by atoms with Crippen LogP contribution in [-0.2, 0) is 0 Å². The Morgan fingerprint density at radius 3 is 2.92 bits per heavy atom. The molecule has 1 aromatic carbocycles. The van der Waals surface area contributed by atoms with Gasteiger partial charge in [-0.05, 0) is 30.0 Å². The van der Waals surface area contributed by atoms with Crippen LogP contribution in [0.25, 0.3) is 11.3 Å². The van der Waals surface area contributed by atoms with Gasteiger partial charge in [0.15, 0.2) is 0 Å². The first-order valence-corrected chi connectivity index (χ1v) is 9.19. The molecule has 6 heteroatoms. The zero-order chi connectivity index (χ0) is 17.4. The summed E-state index contributed by atoms with van der Waals surface area (Å²) >= 11 is 1.67. The molecule has 1 amide bonds. The number of rotatable bonds is 5. The number of amides is 1. The fraction of sp³-hybridized carbons (Fsp3) is 0.263. The van der Waals surface area contributed by atoms with Crippen LogP contribution in [0, 0.1) is 0 Å². The number of benzene rings is 1. The van der Waals surface area contributed by atoms with E-state index >= 15 is 0 Å². The highest BCUT2D eigenvalue weighted by Gasteiger charge is 2.42. The van der Waals surface area contributed by atoms with Crippen LogP contribution < -0.4 is 4.74 Å². The van der Waals surface area contributed by atoms with Crippen LogP contribution >= 0.6 is 11.3 Å². The summed E-state index contributed by atoms with van der Waals surface area (Å²) < 4.78 is 5.34. The third-order valence-corrected chi connectivity index (χ3v) is 5.41. The van der Waals surface area contributed by atoms with Crippen LogP contribution in [0.2, 0.25) is 0 Å². The number of hydrogen-bond donors (Lipinski definition) is 1. The van der Waals surface area contributed by atoms with E-state index in [4.69, 9.17) is 4.74 Å². The molecule has 1 aliphatic heterocycles. The van der Waals surface area contributed by atoms with Gasteiger partial charge in [0, 0.05) is 22.5 Å². The van der Waals surface area contributed by atoms with Gasteiger partial charge in [-0.15, -0.1) is 11.3 Å². The number of methoxy groups -OCH3 is 1. The van der Waals surface area contributed by atoms with Crippen molar-refractivity contribution in [1.29, 1.82) is 0 Å². The maximum absolute atomic E-state index is 12.9. The van der Waals surface area contributed by atoms with Crippen molar-refractivity contribution in [2.24, 2.45) is 0 Å². The lowest BCUT2D eigenvalue weighted by Gasteiger charge is -2.24. The number of carbonyl (C=O) groups excluding carboxylic acids is 1. The first-order valence-electron chi connectivity index (χ1n) is 8.31. The van der Waals surface area contributed by atoms with Crippen molar-refractivity contribution in [1.82, 2.24) is 15.1 Å². The summed E-state index contributed by atoms with van der Waals surface area (Å²) in [6.07, 6.45) is 0.916. The predicted octanol–water partition coefficient (Wildman–Crippen LogP) is 4.10. The van der Waals surface area contributed by atoms with Gasteiger partial charge in [-0.25, -0.2) is 0 Å². The Morgan fingerprint density at radius 2 is 2.20 bits per heavy atom. The molecular formula is C19H19N3O2S. The van der Waals surface area contributed by atoms with Gasteiger partial charge in [-0.1, -0.05) is 25.1 Å². The molecule has 1 atom stereocenters. The highest BCUT2D eigenvalue weighted by atomic mass is 32.1. The van der Waals surface area contributed by atoms with Crippen LogP contribution in [-0.4, -0.2) is 34.7 Å².